The summed E-state index contributed by atoms with van der Waals surface area (Å²) in [6.07, 6.45) is 3.45. The van der Waals surface area contributed by atoms with E-state index >= 15 is 0 Å². The molecule has 0 amide bonds. The Morgan fingerprint density at radius 1 is 1.71 bits per heavy atom. The Morgan fingerprint density at radius 2 is 2.50 bits per heavy atom. The van der Waals surface area contributed by atoms with Crippen molar-refractivity contribution in [3.8, 4) is 6.19 Å². The maximum absolute atomic E-state index is 8.28. The Hall–Kier alpha value is -0.830. The number of hydrogen-bond acceptors (Lipinski definition) is 4. The summed E-state index contributed by atoms with van der Waals surface area (Å²) >= 11 is 11.9. The minimum absolute atomic E-state index is 0.461. The molecule has 0 saturated heterocycles. The average Bonchev–Trinajstić information content (AvgIpc) is 2.17. The number of aromatic nitrogens is 1. The molecule has 72 valence electrons. The molecule has 0 bridgehead atoms. The summed E-state index contributed by atoms with van der Waals surface area (Å²) in [5.41, 5.74) is 1.02. The van der Waals surface area contributed by atoms with Crippen LogP contribution in [-0.4, -0.2) is 9.30 Å². The van der Waals surface area contributed by atoms with E-state index in [9.17, 15) is 0 Å². The molecular weight excluding hydrogens is 238 g/mol. The van der Waals surface area contributed by atoms with Gasteiger partial charge in [-0.15, -0.1) is 0 Å². The average molecular weight is 244 g/mol. The summed E-state index contributed by atoms with van der Waals surface area (Å²) in [6.45, 7) is 0. The van der Waals surface area contributed by atoms with Gasteiger partial charge in [-0.3, -0.25) is 5.32 Å². The van der Waals surface area contributed by atoms with Gasteiger partial charge in [0.25, 0.3) is 0 Å². The summed E-state index contributed by atoms with van der Waals surface area (Å²) in [5, 5.41) is 11.1. The number of nitriles is 1. The fourth-order valence-corrected chi connectivity index (χ4v) is 1.64. The summed E-state index contributed by atoms with van der Waals surface area (Å²) in [6, 6.07) is 3.59. The van der Waals surface area contributed by atoms with Gasteiger partial charge in [-0.2, -0.15) is 5.26 Å². The lowest BCUT2D eigenvalue weighted by Gasteiger charge is -2.00. The van der Waals surface area contributed by atoms with Crippen molar-refractivity contribution in [3.05, 3.63) is 29.0 Å². The Morgan fingerprint density at radius 3 is 3.07 bits per heavy atom. The first kappa shape index (κ1) is 11.2. The fraction of sp³-hybridized carbons (Fsp3) is 0.125. The molecule has 1 rings (SSSR count). The first-order valence-electron chi connectivity index (χ1n) is 3.64. The number of halogens is 1. The quantitative estimate of drug-likeness (QED) is 0.374. The topological polar surface area (TPSA) is 48.7 Å². The molecule has 3 nitrogen and oxygen atoms in total. The maximum Gasteiger partial charge on any atom is 0.182 e. The second-order valence-electron chi connectivity index (χ2n) is 2.30. The third-order valence-electron chi connectivity index (χ3n) is 1.32. The van der Waals surface area contributed by atoms with Crippen LogP contribution in [0.25, 0.3) is 0 Å². The van der Waals surface area contributed by atoms with Crippen LogP contribution in [0.1, 0.15) is 5.56 Å². The van der Waals surface area contributed by atoms with Crippen molar-refractivity contribution in [2.24, 2.45) is 0 Å². The standard InChI is InChI=1S/C8H6ClN3S2/c9-7-2-1-6(3-11-7)4-14-8(13)12-5-10/h1-3H,4H2,(H,12,13). The zero-order valence-electron chi connectivity index (χ0n) is 7.03. The number of nitrogens with zero attached hydrogens (tertiary/aromatic N) is 2. The van der Waals surface area contributed by atoms with E-state index in [4.69, 9.17) is 29.1 Å². The summed E-state index contributed by atoms with van der Waals surface area (Å²) in [4.78, 5) is 3.93. The van der Waals surface area contributed by atoms with Gasteiger partial charge in [-0.05, 0) is 11.6 Å². The smallest absolute Gasteiger partial charge is 0.182 e. The van der Waals surface area contributed by atoms with Gasteiger partial charge < -0.3 is 0 Å². The Bertz CT molecular complexity index is 358. The van der Waals surface area contributed by atoms with Crippen molar-refractivity contribution < 1.29 is 0 Å². The third-order valence-corrected chi connectivity index (χ3v) is 2.84. The highest BCUT2D eigenvalue weighted by atomic mass is 35.5. The molecule has 0 fully saturated rings. The van der Waals surface area contributed by atoms with E-state index in [2.05, 4.69) is 10.3 Å². The molecule has 0 aliphatic heterocycles. The number of pyridine rings is 1. The van der Waals surface area contributed by atoms with Gasteiger partial charge in [-0.1, -0.05) is 41.6 Å². The minimum Gasteiger partial charge on any atom is -0.278 e. The number of thioether (sulfide) groups is 1. The van der Waals surface area contributed by atoms with Gasteiger partial charge in [0.15, 0.2) is 6.19 Å². The van der Waals surface area contributed by atoms with Crippen LogP contribution in [0.5, 0.6) is 0 Å². The molecule has 0 aromatic carbocycles. The molecule has 14 heavy (non-hydrogen) atoms. The predicted octanol–water partition coefficient (Wildman–Crippen LogP) is 2.32. The zero-order chi connectivity index (χ0) is 10.4. The van der Waals surface area contributed by atoms with Crippen LogP contribution in [0.2, 0.25) is 5.15 Å². The van der Waals surface area contributed by atoms with E-state index < -0.39 is 0 Å². The van der Waals surface area contributed by atoms with Crippen molar-refractivity contribution in [1.82, 2.24) is 10.3 Å². The summed E-state index contributed by atoms with van der Waals surface area (Å²) in [7, 11) is 0. The lowest BCUT2D eigenvalue weighted by Crippen LogP contribution is -2.10. The zero-order valence-corrected chi connectivity index (χ0v) is 9.42. The molecule has 1 aromatic rings. The first-order chi connectivity index (χ1) is 6.72. The van der Waals surface area contributed by atoms with Crippen LogP contribution in [0.4, 0.5) is 0 Å². The lowest BCUT2D eigenvalue weighted by atomic mass is 10.3. The van der Waals surface area contributed by atoms with E-state index in [-0.39, 0.29) is 0 Å². The van der Waals surface area contributed by atoms with Gasteiger partial charge in [0.2, 0.25) is 0 Å². The van der Waals surface area contributed by atoms with Crippen LogP contribution in [-0.2, 0) is 5.75 Å². The molecule has 0 saturated carbocycles. The number of rotatable bonds is 2. The van der Waals surface area contributed by atoms with Gasteiger partial charge in [-0.25, -0.2) is 4.98 Å². The van der Waals surface area contributed by atoms with Gasteiger partial charge >= 0.3 is 0 Å². The minimum atomic E-state index is 0.461. The Kier molecular flexibility index (Phi) is 4.66. The second-order valence-corrected chi connectivity index (χ2v) is 4.34. The van der Waals surface area contributed by atoms with Crippen molar-refractivity contribution in [3.63, 3.8) is 0 Å². The highest BCUT2D eigenvalue weighted by Crippen LogP contribution is 2.13. The van der Waals surface area contributed by atoms with E-state index in [0.717, 1.165) is 5.56 Å². The number of thiocarbonyl (C=S) groups is 1. The molecular formula is C8H6ClN3S2. The molecule has 1 heterocycles. The summed E-state index contributed by atoms with van der Waals surface area (Å²) < 4.78 is 0.461. The third kappa shape index (κ3) is 3.92. The first-order valence-corrected chi connectivity index (χ1v) is 5.42. The summed E-state index contributed by atoms with van der Waals surface area (Å²) in [5.74, 6) is 0.678. The van der Waals surface area contributed by atoms with Crippen molar-refractivity contribution in [2.45, 2.75) is 5.75 Å². The van der Waals surface area contributed by atoms with E-state index in [1.165, 1.54) is 11.8 Å². The van der Waals surface area contributed by atoms with Crippen LogP contribution in [0.3, 0.4) is 0 Å². The van der Waals surface area contributed by atoms with E-state index in [1.807, 2.05) is 6.07 Å². The molecule has 0 aliphatic carbocycles. The van der Waals surface area contributed by atoms with Crippen molar-refractivity contribution in [2.75, 3.05) is 0 Å². The van der Waals surface area contributed by atoms with Crippen molar-refractivity contribution >= 4 is 39.9 Å². The van der Waals surface area contributed by atoms with Gasteiger partial charge in [0.05, 0.1) is 0 Å². The molecule has 0 unspecified atom stereocenters. The van der Waals surface area contributed by atoms with Crippen LogP contribution in [0.15, 0.2) is 18.3 Å². The van der Waals surface area contributed by atoms with Crippen LogP contribution in [0, 0.1) is 11.5 Å². The number of hydrogen-bond donors (Lipinski definition) is 1. The molecule has 0 aliphatic rings. The van der Waals surface area contributed by atoms with E-state index in [0.29, 0.717) is 15.2 Å². The lowest BCUT2D eigenvalue weighted by molar-refractivity contribution is 1.25. The molecule has 0 radical (unpaired) electrons. The monoisotopic (exact) mass is 243 g/mol. The highest BCUT2D eigenvalue weighted by molar-refractivity contribution is 8.22. The van der Waals surface area contributed by atoms with Crippen LogP contribution < -0.4 is 5.32 Å². The van der Waals surface area contributed by atoms with Crippen molar-refractivity contribution in [1.29, 1.82) is 5.26 Å². The fourth-order valence-electron chi connectivity index (χ4n) is 0.722. The Labute approximate surface area is 96.5 Å². The second kappa shape index (κ2) is 5.81. The maximum atomic E-state index is 8.28. The van der Waals surface area contributed by atoms with Gasteiger partial charge in [0.1, 0.15) is 9.47 Å². The van der Waals surface area contributed by atoms with E-state index in [1.54, 1.807) is 18.5 Å². The SMILES string of the molecule is N#CNC(=S)SCc1ccc(Cl)nc1. The molecule has 6 heteroatoms. The molecule has 0 atom stereocenters. The molecule has 1 aromatic heterocycles. The van der Waals surface area contributed by atoms with Gasteiger partial charge in [0, 0.05) is 11.9 Å². The molecule has 0 spiro atoms. The van der Waals surface area contributed by atoms with Crippen LogP contribution >= 0.6 is 35.6 Å². The predicted molar refractivity (Wildman–Crippen MR) is 61.9 cm³/mol. The molecule has 1 N–H and O–H groups in total. The number of nitrogens with one attached hydrogen (secondary N) is 1. The normalized spacial score (nSPS) is 9.14. The largest absolute Gasteiger partial charge is 0.278 e. The Balaban J connectivity index is 2.43. The highest BCUT2D eigenvalue weighted by Gasteiger charge is 1.98.